The van der Waals surface area contributed by atoms with E-state index in [1.807, 2.05) is 0 Å². The summed E-state index contributed by atoms with van der Waals surface area (Å²) >= 11 is 0. The minimum Gasteiger partial charge on any atom is -0.325 e. The molecule has 15 heavy (non-hydrogen) atoms. The lowest BCUT2D eigenvalue weighted by atomic mass is 10.1. The van der Waals surface area contributed by atoms with Gasteiger partial charge in [-0.1, -0.05) is 0 Å². The van der Waals surface area contributed by atoms with Gasteiger partial charge in [0, 0.05) is 24.5 Å². The van der Waals surface area contributed by atoms with E-state index in [9.17, 15) is 4.39 Å². The Morgan fingerprint density at radius 2 is 1.93 bits per heavy atom. The first kappa shape index (κ1) is 9.67. The van der Waals surface area contributed by atoms with Crippen LogP contribution < -0.4 is 5.73 Å². The molecule has 0 bridgehead atoms. The van der Waals surface area contributed by atoms with Gasteiger partial charge in [-0.15, -0.1) is 0 Å². The van der Waals surface area contributed by atoms with Crippen LogP contribution in [0.2, 0.25) is 0 Å². The Balaban J connectivity index is 2.54. The molecular weight excluding hydrogens is 195 g/mol. The molecule has 0 saturated carbocycles. The van der Waals surface area contributed by atoms with Crippen molar-refractivity contribution in [1.82, 2.24) is 15.0 Å². The summed E-state index contributed by atoms with van der Waals surface area (Å²) in [6.45, 7) is 0.0619. The van der Waals surface area contributed by atoms with Crippen molar-refractivity contribution in [3.8, 4) is 11.3 Å². The highest BCUT2D eigenvalue weighted by Gasteiger charge is 2.10. The molecule has 4 nitrogen and oxygen atoms in total. The van der Waals surface area contributed by atoms with E-state index in [4.69, 9.17) is 5.73 Å². The van der Waals surface area contributed by atoms with Gasteiger partial charge in [0.15, 0.2) is 5.82 Å². The molecule has 0 aliphatic heterocycles. The summed E-state index contributed by atoms with van der Waals surface area (Å²) in [7, 11) is 0. The molecule has 76 valence electrons. The smallest absolute Gasteiger partial charge is 0.172 e. The van der Waals surface area contributed by atoms with E-state index in [-0.39, 0.29) is 17.9 Å². The summed E-state index contributed by atoms with van der Waals surface area (Å²) in [6, 6.07) is 3.37. The summed E-state index contributed by atoms with van der Waals surface area (Å²) in [6.07, 6.45) is 4.47. The maximum atomic E-state index is 13.7. The Morgan fingerprint density at radius 3 is 2.60 bits per heavy atom. The summed E-state index contributed by atoms with van der Waals surface area (Å²) in [5.74, 6) is -0.466. The monoisotopic (exact) mass is 204 g/mol. The largest absolute Gasteiger partial charge is 0.325 e. The third-order valence-corrected chi connectivity index (χ3v) is 2.01. The third-order valence-electron chi connectivity index (χ3n) is 2.01. The number of nitrogens with zero attached hydrogens (tertiary/aromatic N) is 3. The second kappa shape index (κ2) is 4.10. The molecule has 0 aliphatic carbocycles. The predicted molar refractivity (Wildman–Crippen MR) is 53.1 cm³/mol. The van der Waals surface area contributed by atoms with Crippen molar-refractivity contribution in [3.63, 3.8) is 0 Å². The van der Waals surface area contributed by atoms with Crippen LogP contribution in [0.3, 0.4) is 0 Å². The Morgan fingerprint density at radius 1 is 1.20 bits per heavy atom. The van der Waals surface area contributed by atoms with Gasteiger partial charge in [-0.25, -0.2) is 14.4 Å². The first-order valence-corrected chi connectivity index (χ1v) is 4.42. The molecule has 0 radical (unpaired) electrons. The number of aromatic nitrogens is 3. The molecule has 2 aromatic heterocycles. The second-order valence-electron chi connectivity index (χ2n) is 2.92. The van der Waals surface area contributed by atoms with Crippen molar-refractivity contribution in [1.29, 1.82) is 0 Å². The zero-order valence-electron chi connectivity index (χ0n) is 7.89. The maximum Gasteiger partial charge on any atom is 0.172 e. The van der Waals surface area contributed by atoms with Gasteiger partial charge < -0.3 is 5.73 Å². The molecule has 2 aromatic rings. The van der Waals surface area contributed by atoms with Gasteiger partial charge in [0.2, 0.25) is 0 Å². The molecule has 0 spiro atoms. The van der Waals surface area contributed by atoms with Crippen LogP contribution in [-0.2, 0) is 6.54 Å². The lowest BCUT2D eigenvalue weighted by molar-refractivity contribution is 0.596. The number of hydrogen-bond donors (Lipinski definition) is 1. The Hall–Kier alpha value is -1.88. The van der Waals surface area contributed by atoms with E-state index < -0.39 is 5.82 Å². The SMILES string of the molecule is NCc1ncnc(-c2ccncc2)c1F. The summed E-state index contributed by atoms with van der Waals surface area (Å²) in [5.41, 5.74) is 6.50. The van der Waals surface area contributed by atoms with Gasteiger partial charge in [0.1, 0.15) is 12.0 Å². The van der Waals surface area contributed by atoms with Gasteiger partial charge in [-0.2, -0.15) is 0 Å². The van der Waals surface area contributed by atoms with Crippen LogP contribution in [0, 0.1) is 5.82 Å². The van der Waals surface area contributed by atoms with E-state index >= 15 is 0 Å². The highest BCUT2D eigenvalue weighted by Crippen LogP contribution is 2.19. The first-order chi connectivity index (χ1) is 7.33. The fourth-order valence-electron chi connectivity index (χ4n) is 1.26. The lowest BCUT2D eigenvalue weighted by Gasteiger charge is -2.04. The summed E-state index contributed by atoms with van der Waals surface area (Å²) < 4.78 is 13.7. The van der Waals surface area contributed by atoms with Crippen molar-refractivity contribution in [3.05, 3.63) is 42.4 Å². The zero-order chi connectivity index (χ0) is 10.7. The number of rotatable bonds is 2. The van der Waals surface area contributed by atoms with Crippen LogP contribution in [0.5, 0.6) is 0 Å². The number of halogens is 1. The summed E-state index contributed by atoms with van der Waals surface area (Å²) in [5, 5.41) is 0. The van der Waals surface area contributed by atoms with Crippen molar-refractivity contribution < 1.29 is 4.39 Å². The van der Waals surface area contributed by atoms with E-state index in [0.29, 0.717) is 5.56 Å². The van der Waals surface area contributed by atoms with Crippen molar-refractivity contribution >= 4 is 0 Å². The Kier molecular flexibility index (Phi) is 2.64. The molecule has 0 fully saturated rings. The van der Waals surface area contributed by atoms with Crippen LogP contribution in [0.15, 0.2) is 30.9 Å². The molecule has 0 atom stereocenters. The quantitative estimate of drug-likeness (QED) is 0.796. The third kappa shape index (κ3) is 1.82. The number of nitrogens with two attached hydrogens (primary N) is 1. The average Bonchev–Trinajstić information content (AvgIpc) is 2.30. The van der Waals surface area contributed by atoms with Crippen molar-refractivity contribution in [2.24, 2.45) is 5.73 Å². The second-order valence-corrected chi connectivity index (χ2v) is 2.92. The predicted octanol–water partition coefficient (Wildman–Crippen LogP) is 1.14. The van der Waals surface area contributed by atoms with E-state index in [1.165, 1.54) is 6.33 Å². The van der Waals surface area contributed by atoms with E-state index in [1.54, 1.807) is 24.5 Å². The molecule has 0 amide bonds. The normalized spacial score (nSPS) is 10.3. The zero-order valence-corrected chi connectivity index (χ0v) is 7.89. The molecule has 0 saturated heterocycles. The first-order valence-electron chi connectivity index (χ1n) is 4.42. The van der Waals surface area contributed by atoms with Crippen molar-refractivity contribution in [2.45, 2.75) is 6.54 Å². The van der Waals surface area contributed by atoms with Gasteiger partial charge in [0.25, 0.3) is 0 Å². The topological polar surface area (TPSA) is 64.7 Å². The summed E-state index contributed by atoms with van der Waals surface area (Å²) in [4.78, 5) is 11.5. The van der Waals surface area contributed by atoms with Crippen LogP contribution >= 0.6 is 0 Å². The molecule has 2 N–H and O–H groups in total. The molecule has 2 heterocycles. The van der Waals surface area contributed by atoms with Crippen LogP contribution in [0.25, 0.3) is 11.3 Å². The standard InChI is InChI=1S/C10H9FN4/c11-9-8(5-12)14-6-15-10(9)7-1-3-13-4-2-7/h1-4,6H,5,12H2. The average molecular weight is 204 g/mol. The lowest BCUT2D eigenvalue weighted by Crippen LogP contribution is -2.05. The van der Waals surface area contributed by atoms with Gasteiger partial charge in [-0.05, 0) is 12.1 Å². The highest BCUT2D eigenvalue weighted by atomic mass is 19.1. The van der Waals surface area contributed by atoms with Crippen LogP contribution in [0.4, 0.5) is 4.39 Å². The Bertz CT molecular complexity index is 458. The fraction of sp³-hybridized carbons (Fsp3) is 0.100. The fourth-order valence-corrected chi connectivity index (χ4v) is 1.26. The molecule has 0 unspecified atom stereocenters. The highest BCUT2D eigenvalue weighted by molar-refractivity contribution is 5.58. The van der Waals surface area contributed by atoms with E-state index in [0.717, 1.165) is 0 Å². The molecule has 0 aromatic carbocycles. The molecular formula is C10H9FN4. The number of pyridine rings is 1. The van der Waals surface area contributed by atoms with Gasteiger partial charge in [0.05, 0.1) is 5.69 Å². The molecule has 5 heteroatoms. The van der Waals surface area contributed by atoms with Gasteiger partial charge >= 0.3 is 0 Å². The number of hydrogen-bond acceptors (Lipinski definition) is 4. The molecule has 2 rings (SSSR count). The van der Waals surface area contributed by atoms with Crippen LogP contribution in [0.1, 0.15) is 5.69 Å². The van der Waals surface area contributed by atoms with Gasteiger partial charge in [-0.3, -0.25) is 4.98 Å². The molecule has 0 aliphatic rings. The Labute approximate surface area is 86.0 Å². The van der Waals surface area contributed by atoms with Crippen molar-refractivity contribution in [2.75, 3.05) is 0 Å². The van der Waals surface area contributed by atoms with E-state index in [2.05, 4.69) is 15.0 Å². The minimum atomic E-state index is -0.466. The van der Waals surface area contributed by atoms with Crippen LogP contribution in [-0.4, -0.2) is 15.0 Å². The maximum absolute atomic E-state index is 13.7. The minimum absolute atomic E-state index is 0.0619.